The van der Waals surface area contributed by atoms with E-state index in [0.29, 0.717) is 13.0 Å². The number of rotatable bonds is 3. The average molecular weight is 322 g/mol. The molecule has 1 aromatic rings. The minimum atomic E-state index is -0.333. The van der Waals surface area contributed by atoms with Crippen LogP contribution in [0.25, 0.3) is 4.48 Å². The van der Waals surface area contributed by atoms with E-state index in [2.05, 4.69) is 22.5 Å². The molecule has 0 radical (unpaired) electrons. The molecule has 0 spiro atoms. The number of nitrogens with zero attached hydrogens (tertiary/aromatic N) is 1. The molecule has 1 aromatic carbocycles. The standard InChI is InChI=1S/C15H16BrNO2/c1-3-7-14-12-9-6-5-8-11(12)13(16)10-17(14)15(18)19-4-2/h3,5-6,8-10,14H,1,4,7H2,2H3. The number of carbonyl (C=O) groups is 1. The summed E-state index contributed by atoms with van der Waals surface area (Å²) in [4.78, 5) is 13.7. The highest BCUT2D eigenvalue weighted by atomic mass is 79.9. The maximum atomic E-state index is 12.0. The van der Waals surface area contributed by atoms with Crippen LogP contribution in [0.15, 0.2) is 43.1 Å². The maximum Gasteiger partial charge on any atom is 0.414 e. The van der Waals surface area contributed by atoms with Gasteiger partial charge in [0.05, 0.1) is 12.6 Å². The molecule has 0 saturated heterocycles. The Kier molecular flexibility index (Phi) is 4.43. The van der Waals surface area contributed by atoms with Gasteiger partial charge in [0.15, 0.2) is 0 Å². The minimum Gasteiger partial charge on any atom is -0.449 e. The Morgan fingerprint density at radius 3 is 2.95 bits per heavy atom. The highest BCUT2D eigenvalue weighted by Crippen LogP contribution is 2.39. The monoisotopic (exact) mass is 321 g/mol. The first-order chi connectivity index (χ1) is 9.19. The predicted octanol–water partition coefficient (Wildman–Crippen LogP) is 4.47. The van der Waals surface area contributed by atoms with Crippen molar-refractivity contribution in [3.63, 3.8) is 0 Å². The van der Waals surface area contributed by atoms with Gasteiger partial charge in [-0.15, -0.1) is 6.58 Å². The predicted molar refractivity (Wildman–Crippen MR) is 79.8 cm³/mol. The highest BCUT2D eigenvalue weighted by molar-refractivity contribution is 9.15. The van der Waals surface area contributed by atoms with Crippen molar-refractivity contribution in [2.45, 2.75) is 19.4 Å². The van der Waals surface area contributed by atoms with Crippen LogP contribution in [-0.4, -0.2) is 17.6 Å². The summed E-state index contributed by atoms with van der Waals surface area (Å²) in [6.07, 6.45) is 3.96. The molecule has 1 amide bonds. The third-order valence-corrected chi connectivity index (χ3v) is 3.67. The molecular formula is C15H16BrNO2. The molecule has 100 valence electrons. The van der Waals surface area contributed by atoms with Crippen molar-refractivity contribution in [3.05, 3.63) is 54.2 Å². The summed E-state index contributed by atoms with van der Waals surface area (Å²) in [6.45, 7) is 5.94. The smallest absolute Gasteiger partial charge is 0.414 e. The van der Waals surface area contributed by atoms with E-state index in [1.807, 2.05) is 30.3 Å². The van der Waals surface area contributed by atoms with E-state index in [1.165, 1.54) is 0 Å². The number of fused-ring (bicyclic) bond motifs is 1. The number of carbonyl (C=O) groups excluding carboxylic acids is 1. The van der Waals surface area contributed by atoms with Crippen molar-refractivity contribution >= 4 is 26.5 Å². The lowest BCUT2D eigenvalue weighted by Crippen LogP contribution is -2.33. The van der Waals surface area contributed by atoms with Crippen molar-refractivity contribution in [2.24, 2.45) is 0 Å². The molecule has 1 atom stereocenters. The third-order valence-electron chi connectivity index (χ3n) is 3.03. The van der Waals surface area contributed by atoms with Crippen molar-refractivity contribution < 1.29 is 9.53 Å². The number of hydrogen-bond acceptors (Lipinski definition) is 2. The van der Waals surface area contributed by atoms with Crippen molar-refractivity contribution in [3.8, 4) is 0 Å². The molecule has 3 nitrogen and oxygen atoms in total. The molecule has 1 unspecified atom stereocenters. The van der Waals surface area contributed by atoms with Gasteiger partial charge in [-0.2, -0.15) is 0 Å². The molecule has 0 fully saturated rings. The van der Waals surface area contributed by atoms with Crippen LogP contribution in [0.3, 0.4) is 0 Å². The molecule has 0 saturated carbocycles. The molecule has 2 rings (SSSR count). The summed E-state index contributed by atoms with van der Waals surface area (Å²) >= 11 is 3.51. The van der Waals surface area contributed by atoms with Gasteiger partial charge in [-0.3, -0.25) is 4.90 Å². The van der Waals surface area contributed by atoms with E-state index in [1.54, 1.807) is 18.0 Å². The summed E-state index contributed by atoms with van der Waals surface area (Å²) in [6, 6.07) is 7.97. The van der Waals surface area contributed by atoms with Gasteiger partial charge in [-0.25, -0.2) is 4.79 Å². The topological polar surface area (TPSA) is 29.5 Å². The van der Waals surface area contributed by atoms with Crippen LogP contribution in [0.4, 0.5) is 4.79 Å². The SMILES string of the molecule is C=CCC1c2ccccc2C(Br)=CN1C(=O)OCC. The van der Waals surface area contributed by atoms with Gasteiger partial charge in [0.2, 0.25) is 0 Å². The fraction of sp³-hybridized carbons (Fsp3) is 0.267. The van der Waals surface area contributed by atoms with Crippen molar-refractivity contribution in [1.29, 1.82) is 0 Å². The van der Waals surface area contributed by atoms with E-state index in [0.717, 1.165) is 15.6 Å². The van der Waals surface area contributed by atoms with Crippen LogP contribution in [0, 0.1) is 0 Å². The van der Waals surface area contributed by atoms with Crippen molar-refractivity contribution in [2.75, 3.05) is 6.61 Å². The lowest BCUT2D eigenvalue weighted by Gasteiger charge is -2.33. The lowest BCUT2D eigenvalue weighted by atomic mass is 9.94. The fourth-order valence-corrected chi connectivity index (χ4v) is 2.79. The zero-order valence-corrected chi connectivity index (χ0v) is 12.4. The van der Waals surface area contributed by atoms with Crippen LogP contribution in [0.2, 0.25) is 0 Å². The maximum absolute atomic E-state index is 12.0. The quantitative estimate of drug-likeness (QED) is 0.769. The van der Waals surface area contributed by atoms with Gasteiger partial charge in [-0.1, -0.05) is 30.3 Å². The summed E-state index contributed by atoms with van der Waals surface area (Å²) in [7, 11) is 0. The molecule has 0 bridgehead atoms. The van der Waals surface area contributed by atoms with Crippen LogP contribution in [0.1, 0.15) is 30.5 Å². The second-order valence-electron chi connectivity index (χ2n) is 4.21. The Morgan fingerprint density at radius 2 is 2.26 bits per heavy atom. The fourth-order valence-electron chi connectivity index (χ4n) is 2.21. The van der Waals surface area contributed by atoms with Crippen LogP contribution < -0.4 is 0 Å². The van der Waals surface area contributed by atoms with E-state index in [-0.39, 0.29) is 12.1 Å². The van der Waals surface area contributed by atoms with Crippen LogP contribution >= 0.6 is 15.9 Å². The molecule has 0 aliphatic carbocycles. The number of halogens is 1. The number of ether oxygens (including phenoxy) is 1. The first-order valence-corrected chi connectivity index (χ1v) is 7.01. The van der Waals surface area contributed by atoms with Gasteiger partial charge in [0, 0.05) is 10.7 Å². The van der Waals surface area contributed by atoms with Crippen LogP contribution in [-0.2, 0) is 4.74 Å². The molecule has 1 heterocycles. The molecule has 19 heavy (non-hydrogen) atoms. The van der Waals surface area contributed by atoms with E-state index in [4.69, 9.17) is 4.74 Å². The molecule has 0 aromatic heterocycles. The zero-order chi connectivity index (χ0) is 13.8. The average Bonchev–Trinajstić information content (AvgIpc) is 2.42. The van der Waals surface area contributed by atoms with E-state index in [9.17, 15) is 4.79 Å². The Hall–Kier alpha value is -1.55. The minimum absolute atomic E-state index is 0.0611. The largest absolute Gasteiger partial charge is 0.449 e. The highest BCUT2D eigenvalue weighted by Gasteiger charge is 2.30. The Morgan fingerprint density at radius 1 is 1.53 bits per heavy atom. The molecule has 4 heteroatoms. The normalized spacial score (nSPS) is 17.5. The van der Waals surface area contributed by atoms with Gasteiger partial charge in [0.25, 0.3) is 0 Å². The number of amides is 1. The molecular weight excluding hydrogens is 306 g/mol. The number of hydrogen-bond donors (Lipinski definition) is 0. The molecule has 1 aliphatic rings. The second-order valence-corrected chi connectivity index (χ2v) is 5.06. The molecule has 1 aliphatic heterocycles. The first kappa shape index (κ1) is 13.9. The Labute approximate surface area is 121 Å². The molecule has 0 N–H and O–H groups in total. The van der Waals surface area contributed by atoms with E-state index >= 15 is 0 Å². The van der Waals surface area contributed by atoms with Gasteiger partial charge < -0.3 is 4.74 Å². The summed E-state index contributed by atoms with van der Waals surface area (Å²) in [5.41, 5.74) is 2.21. The number of benzene rings is 1. The van der Waals surface area contributed by atoms with Gasteiger partial charge >= 0.3 is 6.09 Å². The second kappa shape index (κ2) is 6.06. The summed E-state index contributed by atoms with van der Waals surface area (Å²) in [5.74, 6) is 0. The lowest BCUT2D eigenvalue weighted by molar-refractivity contribution is 0.109. The van der Waals surface area contributed by atoms with Crippen molar-refractivity contribution in [1.82, 2.24) is 4.90 Å². The van der Waals surface area contributed by atoms with E-state index < -0.39 is 0 Å². The van der Waals surface area contributed by atoms with Crippen LogP contribution in [0.5, 0.6) is 0 Å². The first-order valence-electron chi connectivity index (χ1n) is 6.21. The zero-order valence-electron chi connectivity index (χ0n) is 10.8. The summed E-state index contributed by atoms with van der Waals surface area (Å²) < 4.78 is 5.99. The third kappa shape index (κ3) is 2.73. The Balaban J connectivity index is 2.43. The Bertz CT molecular complexity index is 525. The van der Waals surface area contributed by atoms with Gasteiger partial charge in [-0.05, 0) is 40.4 Å². The van der Waals surface area contributed by atoms with Gasteiger partial charge in [0.1, 0.15) is 0 Å². The summed E-state index contributed by atoms with van der Waals surface area (Å²) in [5, 5.41) is 0.